The van der Waals surface area contributed by atoms with Crippen molar-refractivity contribution in [3.8, 4) is 11.1 Å². The molecule has 3 heterocycles. The van der Waals surface area contributed by atoms with Crippen LogP contribution in [0.5, 0.6) is 0 Å². The van der Waals surface area contributed by atoms with Crippen molar-refractivity contribution in [1.82, 2.24) is 14.9 Å². The van der Waals surface area contributed by atoms with Crippen molar-refractivity contribution in [3.05, 3.63) is 47.8 Å². The molecular formula is C21H24N4O2. The van der Waals surface area contributed by atoms with Crippen LogP contribution in [0.25, 0.3) is 22.2 Å². The van der Waals surface area contributed by atoms with Gasteiger partial charge in [0.1, 0.15) is 5.65 Å². The minimum absolute atomic E-state index is 0.0619. The molecule has 0 radical (unpaired) electrons. The van der Waals surface area contributed by atoms with E-state index in [9.17, 15) is 4.79 Å². The average molecular weight is 364 g/mol. The normalized spacial score (nSPS) is 14.5. The number of aromatic nitrogens is 2. The first-order chi connectivity index (χ1) is 13.2. The first kappa shape index (κ1) is 17.5. The number of carbonyl (C=O) groups is 1. The van der Waals surface area contributed by atoms with Gasteiger partial charge >= 0.3 is 0 Å². The Morgan fingerprint density at radius 3 is 2.70 bits per heavy atom. The number of carbonyl (C=O) groups excluding carboxylic acids is 1. The minimum Gasteiger partial charge on any atom is -0.384 e. The van der Waals surface area contributed by atoms with Crippen LogP contribution in [0.4, 0.5) is 5.69 Å². The van der Waals surface area contributed by atoms with Crippen LogP contribution in [0.2, 0.25) is 0 Å². The number of fused-ring (bicyclic) bond motifs is 1. The molecule has 1 aliphatic rings. The Morgan fingerprint density at radius 1 is 1.26 bits per heavy atom. The Kier molecular flexibility index (Phi) is 4.81. The summed E-state index contributed by atoms with van der Waals surface area (Å²) in [5, 5.41) is 4.60. The van der Waals surface area contributed by atoms with Crippen molar-refractivity contribution in [2.24, 2.45) is 0 Å². The second kappa shape index (κ2) is 7.40. The van der Waals surface area contributed by atoms with E-state index in [0.29, 0.717) is 31.9 Å². The maximum atomic E-state index is 12.6. The number of hydrogen-bond acceptors (Lipinski definition) is 4. The second-order valence-electron chi connectivity index (χ2n) is 6.75. The predicted octanol–water partition coefficient (Wildman–Crippen LogP) is 3.44. The number of rotatable bonds is 4. The molecule has 0 aliphatic carbocycles. The molecule has 140 valence electrons. The Labute approximate surface area is 158 Å². The number of nitrogens with one attached hydrogen (secondary N) is 2. The largest absolute Gasteiger partial charge is 0.384 e. The predicted molar refractivity (Wildman–Crippen MR) is 107 cm³/mol. The van der Waals surface area contributed by atoms with Gasteiger partial charge in [-0.2, -0.15) is 0 Å². The van der Waals surface area contributed by atoms with Crippen molar-refractivity contribution in [1.29, 1.82) is 0 Å². The summed E-state index contributed by atoms with van der Waals surface area (Å²) in [5.74, 6) is 0.0619. The van der Waals surface area contributed by atoms with Gasteiger partial charge in [-0.05, 0) is 37.1 Å². The average Bonchev–Trinajstić information content (AvgIpc) is 3.10. The molecule has 1 aliphatic heterocycles. The van der Waals surface area contributed by atoms with Crippen molar-refractivity contribution in [3.63, 3.8) is 0 Å². The Balaban J connectivity index is 1.68. The fourth-order valence-corrected chi connectivity index (χ4v) is 3.57. The van der Waals surface area contributed by atoms with Crippen molar-refractivity contribution in [2.45, 2.75) is 13.8 Å². The highest BCUT2D eigenvalue weighted by atomic mass is 16.5. The van der Waals surface area contributed by atoms with Crippen LogP contribution in [0, 0.1) is 6.92 Å². The van der Waals surface area contributed by atoms with E-state index >= 15 is 0 Å². The number of aromatic amines is 1. The molecule has 1 aromatic carbocycles. The van der Waals surface area contributed by atoms with E-state index in [4.69, 9.17) is 4.74 Å². The third-order valence-electron chi connectivity index (χ3n) is 4.99. The highest BCUT2D eigenvalue weighted by molar-refractivity contribution is 6.01. The van der Waals surface area contributed by atoms with Gasteiger partial charge < -0.3 is 19.9 Å². The van der Waals surface area contributed by atoms with Crippen LogP contribution in [0.15, 0.2) is 36.7 Å². The smallest absolute Gasteiger partial charge is 0.254 e. The quantitative estimate of drug-likeness (QED) is 0.744. The molecule has 6 nitrogen and oxygen atoms in total. The molecule has 0 spiro atoms. The number of anilines is 1. The highest BCUT2D eigenvalue weighted by Crippen LogP contribution is 2.35. The summed E-state index contributed by atoms with van der Waals surface area (Å²) >= 11 is 0. The summed E-state index contributed by atoms with van der Waals surface area (Å²) in [6, 6.07) is 7.80. The summed E-state index contributed by atoms with van der Waals surface area (Å²) in [4.78, 5) is 22.3. The van der Waals surface area contributed by atoms with E-state index in [0.717, 1.165) is 40.0 Å². The lowest BCUT2D eigenvalue weighted by atomic mass is 10.0. The Hall–Kier alpha value is -2.86. The zero-order valence-electron chi connectivity index (χ0n) is 15.7. The molecule has 0 bridgehead atoms. The molecule has 3 aromatic rings. The number of benzene rings is 1. The lowest BCUT2D eigenvalue weighted by Gasteiger charge is -2.26. The fraction of sp³-hybridized carbons (Fsp3) is 0.333. The van der Waals surface area contributed by atoms with Crippen LogP contribution < -0.4 is 5.32 Å². The summed E-state index contributed by atoms with van der Waals surface area (Å²) in [6.45, 7) is 7.51. The van der Waals surface area contributed by atoms with Crippen LogP contribution in [0.1, 0.15) is 22.8 Å². The lowest BCUT2D eigenvalue weighted by Crippen LogP contribution is -2.40. The summed E-state index contributed by atoms with van der Waals surface area (Å²) in [5.41, 5.74) is 5.91. The number of pyridine rings is 1. The zero-order valence-corrected chi connectivity index (χ0v) is 15.7. The molecule has 1 amide bonds. The summed E-state index contributed by atoms with van der Waals surface area (Å²) < 4.78 is 5.33. The molecule has 0 unspecified atom stereocenters. The molecule has 0 atom stereocenters. The number of aryl methyl sites for hydroxylation is 1. The van der Waals surface area contributed by atoms with Crippen molar-refractivity contribution < 1.29 is 9.53 Å². The van der Waals surface area contributed by atoms with Crippen LogP contribution in [0.3, 0.4) is 0 Å². The first-order valence-electron chi connectivity index (χ1n) is 9.37. The van der Waals surface area contributed by atoms with E-state index < -0.39 is 0 Å². The van der Waals surface area contributed by atoms with Gasteiger partial charge in [0.25, 0.3) is 5.91 Å². The minimum atomic E-state index is 0.0619. The first-order valence-corrected chi connectivity index (χ1v) is 9.37. The maximum absolute atomic E-state index is 12.6. The van der Waals surface area contributed by atoms with Crippen molar-refractivity contribution >= 4 is 22.6 Å². The molecule has 1 saturated heterocycles. The number of nitrogens with zero attached hydrogens (tertiary/aromatic N) is 2. The topological polar surface area (TPSA) is 70.2 Å². The Morgan fingerprint density at radius 2 is 2.00 bits per heavy atom. The number of morpholine rings is 1. The monoisotopic (exact) mass is 364 g/mol. The Bertz CT molecular complexity index is 956. The zero-order chi connectivity index (χ0) is 18.8. The van der Waals surface area contributed by atoms with E-state index in [1.807, 2.05) is 41.6 Å². The molecule has 2 aromatic heterocycles. The van der Waals surface area contributed by atoms with Gasteiger partial charge in [0.2, 0.25) is 0 Å². The molecule has 4 rings (SSSR count). The standard InChI is InChI=1S/C21H24N4O2/c1-3-22-19-17(13-24-20-18(19)14(2)12-23-20)15-4-6-16(7-5-15)21(26)25-8-10-27-11-9-25/h4-7,12-13H,3,8-11H2,1-2H3,(H2,22,23,24). The van der Waals surface area contributed by atoms with Gasteiger partial charge in [-0.1, -0.05) is 12.1 Å². The van der Waals surface area contributed by atoms with Crippen LogP contribution in [-0.4, -0.2) is 53.6 Å². The maximum Gasteiger partial charge on any atom is 0.254 e. The molecule has 27 heavy (non-hydrogen) atoms. The molecular weight excluding hydrogens is 340 g/mol. The third kappa shape index (κ3) is 3.28. The van der Waals surface area contributed by atoms with E-state index in [1.165, 1.54) is 0 Å². The lowest BCUT2D eigenvalue weighted by molar-refractivity contribution is 0.0303. The van der Waals surface area contributed by atoms with E-state index in [-0.39, 0.29) is 5.91 Å². The number of ether oxygens (including phenoxy) is 1. The highest BCUT2D eigenvalue weighted by Gasteiger charge is 2.19. The molecule has 6 heteroatoms. The van der Waals surface area contributed by atoms with Gasteiger partial charge in [-0.25, -0.2) is 4.98 Å². The van der Waals surface area contributed by atoms with Crippen molar-refractivity contribution in [2.75, 3.05) is 38.2 Å². The molecule has 0 saturated carbocycles. The van der Waals surface area contributed by atoms with E-state index in [1.54, 1.807) is 0 Å². The number of hydrogen-bond donors (Lipinski definition) is 2. The number of H-pyrrole nitrogens is 1. The summed E-state index contributed by atoms with van der Waals surface area (Å²) in [6.07, 6.45) is 3.86. The SMILES string of the molecule is CCNc1c(-c2ccc(C(=O)N3CCOCC3)cc2)cnc2[nH]cc(C)c12. The van der Waals surface area contributed by atoms with Crippen LogP contribution >= 0.6 is 0 Å². The van der Waals surface area contributed by atoms with Gasteiger partial charge in [0, 0.05) is 48.5 Å². The summed E-state index contributed by atoms with van der Waals surface area (Å²) in [7, 11) is 0. The van der Waals surface area contributed by atoms with Gasteiger partial charge in [-0.15, -0.1) is 0 Å². The molecule has 2 N–H and O–H groups in total. The van der Waals surface area contributed by atoms with Gasteiger partial charge in [0.15, 0.2) is 0 Å². The molecule has 1 fully saturated rings. The van der Waals surface area contributed by atoms with Gasteiger partial charge in [-0.3, -0.25) is 4.79 Å². The fourth-order valence-electron chi connectivity index (χ4n) is 3.57. The number of amides is 1. The van der Waals surface area contributed by atoms with Gasteiger partial charge in [0.05, 0.1) is 18.9 Å². The third-order valence-corrected chi connectivity index (χ3v) is 4.99. The van der Waals surface area contributed by atoms with Crippen LogP contribution in [-0.2, 0) is 4.74 Å². The second-order valence-corrected chi connectivity index (χ2v) is 6.75. The van der Waals surface area contributed by atoms with E-state index in [2.05, 4.69) is 29.1 Å².